The molecule has 0 radical (unpaired) electrons. The molecule has 0 saturated carbocycles. The van der Waals surface area contributed by atoms with Crippen molar-refractivity contribution in [3.8, 4) is 17.2 Å². The summed E-state index contributed by atoms with van der Waals surface area (Å²) >= 11 is 0. The number of phenols is 1. The first kappa shape index (κ1) is 48.8. The largest absolute Gasteiger partial charge is 0.508 e. The third-order valence-electron chi connectivity index (χ3n) is 15.3. The summed E-state index contributed by atoms with van der Waals surface area (Å²) in [4.78, 5) is 29.1. The molecule has 10 rings (SSSR count). The molecule has 2 heterocycles. The van der Waals surface area contributed by atoms with Crippen LogP contribution < -0.4 is 4.74 Å². The van der Waals surface area contributed by atoms with Crippen molar-refractivity contribution in [2.45, 2.75) is 127 Å². The maximum atomic E-state index is 12.8. The molecule has 72 heavy (non-hydrogen) atoms. The van der Waals surface area contributed by atoms with Crippen molar-refractivity contribution < 1.29 is 28.9 Å². The normalized spacial score (nSPS) is 20.4. The molecule has 2 amide bonds. The second-order valence-corrected chi connectivity index (χ2v) is 22.5. The fourth-order valence-electron chi connectivity index (χ4n) is 11.9. The smallest absolute Gasteiger partial charge is 0.410 e. The molecule has 6 aromatic carbocycles. The number of piperidine rings is 1. The van der Waals surface area contributed by atoms with Crippen LogP contribution in [-0.4, -0.2) is 64.5 Å². The summed E-state index contributed by atoms with van der Waals surface area (Å²) in [6.07, 6.45) is 8.12. The van der Waals surface area contributed by atoms with Gasteiger partial charge in [-0.1, -0.05) is 109 Å². The zero-order valence-electron chi connectivity index (χ0n) is 42.9. The zero-order chi connectivity index (χ0) is 50.1. The molecule has 2 aliphatic heterocycles. The highest BCUT2D eigenvalue weighted by molar-refractivity contribution is 5.73. The average Bonchev–Trinajstić information content (AvgIpc) is 3.37. The van der Waals surface area contributed by atoms with E-state index in [0.29, 0.717) is 43.8 Å². The zero-order valence-corrected chi connectivity index (χ0v) is 42.9. The Balaban J connectivity index is 0.872. The standard InChI is InChI=1S/C64H70N2O6/c1-63(2,3)71-61(68)65-35-31-44(32-36-65)42-15-19-47(20-16-42)59-55(46-11-8-7-9-12-46)27-24-51-41-54(26-30-58(51)59)70-53-14-10-13-49(40-53)56-28-23-50-39-52(67)25-29-57(50)60(56)48-21-17-43(18-22-48)45-33-37-66(38-34-45)62(69)72-64(4,5)6/h7-22,25-26,29-30,33,39-41,44,55-56,59-60,67H,23-24,27-28,31-32,34-38H2,1-6H3/t55-,56?,59+,60?/m1/s1. The van der Waals surface area contributed by atoms with Crippen molar-refractivity contribution >= 4 is 17.8 Å². The average molecular weight is 963 g/mol. The molecular formula is C64H70N2O6. The summed E-state index contributed by atoms with van der Waals surface area (Å²) in [5.74, 6) is 3.22. The maximum absolute atomic E-state index is 12.8. The van der Waals surface area contributed by atoms with Crippen LogP contribution in [0.3, 0.4) is 0 Å². The Bertz CT molecular complexity index is 2920. The van der Waals surface area contributed by atoms with Crippen molar-refractivity contribution in [3.63, 3.8) is 0 Å². The molecule has 4 aliphatic rings. The van der Waals surface area contributed by atoms with E-state index in [1.807, 2.05) is 58.6 Å². The van der Waals surface area contributed by atoms with Crippen molar-refractivity contribution in [2.24, 2.45) is 0 Å². The van der Waals surface area contributed by atoms with E-state index < -0.39 is 11.2 Å². The molecule has 2 unspecified atom stereocenters. The molecule has 8 heteroatoms. The van der Waals surface area contributed by atoms with Crippen molar-refractivity contribution in [2.75, 3.05) is 26.2 Å². The second kappa shape index (κ2) is 20.4. The van der Waals surface area contributed by atoms with Crippen LogP contribution in [0.5, 0.6) is 17.2 Å². The molecule has 8 nitrogen and oxygen atoms in total. The van der Waals surface area contributed by atoms with Crippen LogP contribution in [-0.2, 0) is 22.3 Å². The third-order valence-corrected chi connectivity index (χ3v) is 15.3. The van der Waals surface area contributed by atoms with E-state index >= 15 is 0 Å². The van der Waals surface area contributed by atoms with Gasteiger partial charge in [0.15, 0.2) is 0 Å². The summed E-state index contributed by atoms with van der Waals surface area (Å²) in [7, 11) is 0. The van der Waals surface area contributed by atoms with E-state index in [1.54, 1.807) is 4.90 Å². The summed E-state index contributed by atoms with van der Waals surface area (Å²) in [5, 5.41) is 10.5. The Morgan fingerprint density at radius 1 is 0.514 bits per heavy atom. The molecular weight excluding hydrogens is 893 g/mol. The van der Waals surface area contributed by atoms with Gasteiger partial charge in [-0.05, 0) is 202 Å². The van der Waals surface area contributed by atoms with Crippen LogP contribution in [0.15, 0.2) is 146 Å². The summed E-state index contributed by atoms with van der Waals surface area (Å²) in [6, 6.07) is 50.6. The Hall–Kier alpha value is -6.80. The summed E-state index contributed by atoms with van der Waals surface area (Å²) in [5.41, 5.74) is 13.0. The number of amides is 2. The molecule has 6 aromatic rings. The second-order valence-electron chi connectivity index (χ2n) is 22.5. The Morgan fingerprint density at radius 3 is 1.69 bits per heavy atom. The molecule has 4 atom stereocenters. The molecule has 372 valence electrons. The van der Waals surface area contributed by atoms with E-state index in [-0.39, 0.29) is 29.9 Å². The van der Waals surface area contributed by atoms with E-state index in [0.717, 1.165) is 56.4 Å². The number of benzene rings is 6. The van der Waals surface area contributed by atoms with E-state index in [4.69, 9.17) is 14.2 Å². The number of phenolic OH excluding ortho intramolecular Hbond substituents is 1. The fourth-order valence-corrected chi connectivity index (χ4v) is 11.9. The highest BCUT2D eigenvalue weighted by atomic mass is 16.6. The highest BCUT2D eigenvalue weighted by Crippen LogP contribution is 2.50. The first-order valence-corrected chi connectivity index (χ1v) is 26.2. The van der Waals surface area contributed by atoms with Crippen LogP contribution in [0.2, 0.25) is 0 Å². The Morgan fingerprint density at radius 2 is 1.07 bits per heavy atom. The number of ether oxygens (including phenoxy) is 3. The van der Waals surface area contributed by atoms with Crippen LogP contribution in [0.4, 0.5) is 9.59 Å². The third kappa shape index (κ3) is 11.0. The van der Waals surface area contributed by atoms with Gasteiger partial charge in [0.05, 0.1) is 0 Å². The number of nitrogens with zero attached hydrogens (tertiary/aromatic N) is 2. The molecule has 0 bridgehead atoms. The number of hydrogen-bond donors (Lipinski definition) is 1. The monoisotopic (exact) mass is 963 g/mol. The van der Waals surface area contributed by atoms with Gasteiger partial charge in [0, 0.05) is 38.0 Å². The number of aromatic hydroxyl groups is 1. The molecule has 0 spiro atoms. The van der Waals surface area contributed by atoms with Gasteiger partial charge < -0.3 is 29.1 Å². The number of hydrogen-bond acceptors (Lipinski definition) is 6. The minimum Gasteiger partial charge on any atom is -0.508 e. The minimum absolute atomic E-state index is 0.0890. The van der Waals surface area contributed by atoms with Crippen molar-refractivity contribution in [1.82, 2.24) is 9.80 Å². The lowest BCUT2D eigenvalue weighted by molar-refractivity contribution is 0.0203. The van der Waals surface area contributed by atoms with Crippen molar-refractivity contribution in [1.29, 1.82) is 0 Å². The van der Waals surface area contributed by atoms with E-state index in [9.17, 15) is 14.7 Å². The van der Waals surface area contributed by atoms with Gasteiger partial charge in [-0.3, -0.25) is 0 Å². The number of aryl methyl sites for hydroxylation is 2. The van der Waals surface area contributed by atoms with Gasteiger partial charge in [0.2, 0.25) is 0 Å². The summed E-state index contributed by atoms with van der Waals surface area (Å²) in [6.45, 7) is 14.0. The van der Waals surface area contributed by atoms with Crippen molar-refractivity contribution in [3.05, 3.63) is 201 Å². The highest BCUT2D eigenvalue weighted by Gasteiger charge is 2.35. The molecule has 0 aromatic heterocycles. The first-order chi connectivity index (χ1) is 34.6. The lowest BCUT2D eigenvalue weighted by atomic mass is 9.69. The number of carbonyl (C=O) groups is 2. The van der Waals surface area contributed by atoms with E-state index in [2.05, 4.69) is 133 Å². The Kier molecular flexibility index (Phi) is 13.8. The predicted octanol–water partition coefficient (Wildman–Crippen LogP) is 15.0. The van der Waals surface area contributed by atoms with Gasteiger partial charge >= 0.3 is 12.2 Å². The molecule has 1 N–H and O–H groups in total. The Labute approximate surface area is 426 Å². The number of rotatable bonds is 8. The number of likely N-dealkylation sites (tertiary alicyclic amines) is 1. The molecule has 1 fully saturated rings. The first-order valence-electron chi connectivity index (χ1n) is 26.2. The summed E-state index contributed by atoms with van der Waals surface area (Å²) < 4.78 is 18.1. The van der Waals surface area contributed by atoms with Gasteiger partial charge in [-0.25, -0.2) is 9.59 Å². The molecule has 1 saturated heterocycles. The fraction of sp³-hybridized carbons (Fsp3) is 0.375. The van der Waals surface area contributed by atoms with Crippen LogP contribution in [0.1, 0.15) is 159 Å². The van der Waals surface area contributed by atoms with Crippen LogP contribution in [0.25, 0.3) is 5.57 Å². The quantitative estimate of drug-likeness (QED) is 0.163. The molecule has 2 aliphatic carbocycles. The number of carbonyl (C=O) groups excluding carboxylic acids is 2. The van der Waals surface area contributed by atoms with Gasteiger partial charge in [0.1, 0.15) is 28.5 Å². The van der Waals surface area contributed by atoms with Gasteiger partial charge in [0.25, 0.3) is 0 Å². The van der Waals surface area contributed by atoms with Gasteiger partial charge in [-0.15, -0.1) is 0 Å². The maximum Gasteiger partial charge on any atom is 0.410 e. The predicted molar refractivity (Wildman–Crippen MR) is 286 cm³/mol. The SMILES string of the molecule is CC(C)(C)OC(=O)N1CC=C(c2ccc(C3c4ccc(O)cc4CCC3c3cccc(Oc4ccc5c(c4)CC[C@H](c4ccccc4)[C@@H]5c4ccc(C5CCN(C(=O)OC(C)(C)C)CC5)cc4)c3)cc2)CC1. The van der Waals surface area contributed by atoms with Gasteiger partial charge in [-0.2, -0.15) is 0 Å². The van der Waals surface area contributed by atoms with E-state index in [1.165, 1.54) is 61.2 Å². The topological polar surface area (TPSA) is 88.5 Å². The minimum atomic E-state index is -0.524. The lowest BCUT2D eigenvalue weighted by Crippen LogP contribution is -2.41. The van der Waals surface area contributed by atoms with Crippen LogP contribution in [0, 0.1) is 0 Å². The van der Waals surface area contributed by atoms with Crippen LogP contribution >= 0.6 is 0 Å². The lowest BCUT2D eigenvalue weighted by Gasteiger charge is -2.36. The number of fused-ring (bicyclic) bond motifs is 2.